The number of hydrogen-bond acceptors (Lipinski definition) is 6. The van der Waals surface area contributed by atoms with E-state index in [1.807, 2.05) is 11.4 Å². The van der Waals surface area contributed by atoms with E-state index in [0.29, 0.717) is 34.1 Å². The largest absolute Gasteiger partial charge is 0.464 e. The first-order valence-electron chi connectivity index (χ1n) is 7.42. The van der Waals surface area contributed by atoms with Crippen molar-refractivity contribution in [2.45, 2.75) is 24.5 Å². The van der Waals surface area contributed by atoms with E-state index in [-0.39, 0.29) is 5.56 Å². The average Bonchev–Trinajstić information content (AvgIpc) is 3.23. The molecule has 0 aliphatic carbocycles. The Morgan fingerprint density at radius 3 is 3.12 bits per heavy atom. The lowest BCUT2D eigenvalue weighted by Gasteiger charge is -2.10. The van der Waals surface area contributed by atoms with Crippen molar-refractivity contribution in [3.05, 3.63) is 46.8 Å². The van der Waals surface area contributed by atoms with Crippen molar-refractivity contribution in [2.24, 2.45) is 0 Å². The molecule has 0 aromatic carbocycles. The predicted octanol–water partition coefficient (Wildman–Crippen LogP) is 4.30. The first-order valence-corrected chi connectivity index (χ1v) is 9.29. The Kier molecular flexibility index (Phi) is 5.18. The zero-order valence-corrected chi connectivity index (χ0v) is 14.5. The van der Waals surface area contributed by atoms with E-state index < -0.39 is 0 Å². The van der Waals surface area contributed by atoms with Gasteiger partial charge in [0.1, 0.15) is 10.6 Å². The Hall–Kier alpha value is -2.30. The van der Waals surface area contributed by atoms with E-state index >= 15 is 0 Å². The molecule has 0 aliphatic heterocycles. The van der Waals surface area contributed by atoms with Crippen LogP contribution in [0.25, 0.3) is 21.5 Å². The van der Waals surface area contributed by atoms with Crippen LogP contribution in [-0.2, 0) is 6.54 Å². The van der Waals surface area contributed by atoms with Crippen molar-refractivity contribution >= 4 is 33.3 Å². The number of thioether (sulfide) groups is 1. The van der Waals surface area contributed by atoms with Gasteiger partial charge < -0.3 is 4.42 Å². The highest BCUT2D eigenvalue weighted by atomic mass is 32.2. The molecule has 0 aliphatic rings. The third kappa shape index (κ3) is 3.16. The predicted molar refractivity (Wildman–Crippen MR) is 97.4 cm³/mol. The number of aromatic nitrogens is 2. The van der Waals surface area contributed by atoms with Gasteiger partial charge in [0, 0.05) is 29.7 Å². The summed E-state index contributed by atoms with van der Waals surface area (Å²) in [4.78, 5) is 18.3. The number of thiophene rings is 1. The lowest BCUT2D eigenvalue weighted by atomic mass is 10.2. The minimum absolute atomic E-state index is 0.0877. The van der Waals surface area contributed by atoms with Gasteiger partial charge in [0.25, 0.3) is 5.56 Å². The first-order chi connectivity index (χ1) is 11.8. The highest BCUT2D eigenvalue weighted by molar-refractivity contribution is 7.99. The maximum atomic E-state index is 13.0. The maximum absolute atomic E-state index is 13.0. The number of rotatable bonds is 7. The van der Waals surface area contributed by atoms with Crippen LogP contribution in [-0.4, -0.2) is 15.3 Å². The third-order valence-corrected chi connectivity index (χ3v) is 5.36. The van der Waals surface area contributed by atoms with Gasteiger partial charge in [-0.15, -0.1) is 17.9 Å². The summed E-state index contributed by atoms with van der Waals surface area (Å²) in [6.45, 7) is 4.13. The number of nitriles is 1. The molecule has 0 atom stereocenters. The molecule has 3 aromatic rings. The maximum Gasteiger partial charge on any atom is 0.263 e. The van der Waals surface area contributed by atoms with Crippen molar-refractivity contribution in [1.29, 1.82) is 5.26 Å². The van der Waals surface area contributed by atoms with Crippen LogP contribution < -0.4 is 5.56 Å². The first kappa shape index (κ1) is 16.6. The van der Waals surface area contributed by atoms with Gasteiger partial charge in [-0.1, -0.05) is 17.8 Å². The van der Waals surface area contributed by atoms with Crippen LogP contribution >= 0.6 is 23.1 Å². The van der Waals surface area contributed by atoms with E-state index in [1.54, 1.807) is 23.0 Å². The summed E-state index contributed by atoms with van der Waals surface area (Å²) >= 11 is 2.93. The van der Waals surface area contributed by atoms with Gasteiger partial charge in [-0.3, -0.25) is 9.36 Å². The van der Waals surface area contributed by atoms with Gasteiger partial charge in [0.15, 0.2) is 5.16 Å². The topological polar surface area (TPSA) is 71.8 Å². The molecule has 0 N–H and O–H groups in total. The Labute approximate surface area is 147 Å². The molecule has 0 unspecified atom stereocenters. The van der Waals surface area contributed by atoms with Gasteiger partial charge >= 0.3 is 0 Å². The third-order valence-electron chi connectivity index (χ3n) is 3.42. The molecule has 122 valence electrons. The van der Waals surface area contributed by atoms with Crippen LogP contribution in [0.4, 0.5) is 0 Å². The molecule has 0 saturated carbocycles. The number of nitrogens with zero attached hydrogens (tertiary/aromatic N) is 3. The van der Waals surface area contributed by atoms with Gasteiger partial charge in [-0.2, -0.15) is 5.26 Å². The SMILES string of the molecule is C=CCn1c(SCCCC#N)nc2scc(-c3ccco3)c2c1=O. The summed E-state index contributed by atoms with van der Waals surface area (Å²) in [6.07, 6.45) is 4.55. The number of hydrogen-bond donors (Lipinski definition) is 0. The molecule has 3 rings (SSSR count). The smallest absolute Gasteiger partial charge is 0.263 e. The van der Waals surface area contributed by atoms with Crippen molar-refractivity contribution < 1.29 is 4.42 Å². The molecule has 0 amide bonds. The zero-order valence-electron chi connectivity index (χ0n) is 12.9. The van der Waals surface area contributed by atoms with Gasteiger partial charge in [-0.25, -0.2) is 4.98 Å². The van der Waals surface area contributed by atoms with Crippen molar-refractivity contribution in [3.8, 4) is 17.4 Å². The Morgan fingerprint density at radius 2 is 2.42 bits per heavy atom. The summed E-state index contributed by atoms with van der Waals surface area (Å²) in [6, 6.07) is 5.76. The van der Waals surface area contributed by atoms with E-state index in [4.69, 9.17) is 9.68 Å². The van der Waals surface area contributed by atoms with Gasteiger partial charge in [0.05, 0.1) is 17.7 Å². The van der Waals surface area contributed by atoms with Gasteiger partial charge in [-0.05, 0) is 18.6 Å². The lowest BCUT2D eigenvalue weighted by molar-refractivity contribution is 0.583. The summed E-state index contributed by atoms with van der Waals surface area (Å²) in [5, 5.41) is 11.8. The summed E-state index contributed by atoms with van der Waals surface area (Å²) < 4.78 is 7.07. The lowest BCUT2D eigenvalue weighted by Crippen LogP contribution is -2.22. The fourth-order valence-electron chi connectivity index (χ4n) is 2.33. The fraction of sp³-hybridized carbons (Fsp3) is 0.235. The molecule has 5 nitrogen and oxygen atoms in total. The molecule has 0 spiro atoms. The second kappa shape index (κ2) is 7.51. The molecule has 0 saturated heterocycles. The van der Waals surface area contributed by atoms with Gasteiger partial charge in [0.2, 0.25) is 0 Å². The fourth-order valence-corrected chi connectivity index (χ4v) is 4.25. The summed E-state index contributed by atoms with van der Waals surface area (Å²) in [5.41, 5.74) is 0.687. The molecular weight excluding hydrogens is 342 g/mol. The van der Waals surface area contributed by atoms with Crippen LogP contribution in [0.3, 0.4) is 0 Å². The molecule has 3 heterocycles. The summed E-state index contributed by atoms with van der Waals surface area (Å²) in [7, 11) is 0. The Morgan fingerprint density at radius 1 is 1.54 bits per heavy atom. The highest BCUT2D eigenvalue weighted by Gasteiger charge is 2.18. The van der Waals surface area contributed by atoms with E-state index in [1.165, 1.54) is 23.1 Å². The highest BCUT2D eigenvalue weighted by Crippen LogP contribution is 2.32. The number of unbranched alkanes of at least 4 members (excludes halogenated alkanes) is 1. The van der Waals surface area contributed by atoms with Crippen LogP contribution in [0, 0.1) is 11.3 Å². The zero-order chi connectivity index (χ0) is 16.9. The second-order valence-corrected chi connectivity index (χ2v) is 6.94. The molecule has 0 fully saturated rings. The van der Waals surface area contributed by atoms with E-state index in [2.05, 4.69) is 17.6 Å². The molecule has 3 aromatic heterocycles. The standard InChI is InChI=1S/C17H15N3O2S2/c1-2-8-20-16(21)14-12(13-6-5-9-22-13)11-24-15(14)19-17(20)23-10-4-3-7-18/h2,5-6,9,11H,1,3-4,8,10H2. The van der Waals surface area contributed by atoms with Crippen LogP contribution in [0.5, 0.6) is 0 Å². The van der Waals surface area contributed by atoms with Crippen LogP contribution in [0.1, 0.15) is 12.8 Å². The minimum atomic E-state index is -0.0877. The summed E-state index contributed by atoms with van der Waals surface area (Å²) in [5.74, 6) is 1.42. The van der Waals surface area contributed by atoms with Crippen molar-refractivity contribution in [3.63, 3.8) is 0 Å². The number of fused-ring (bicyclic) bond motifs is 1. The van der Waals surface area contributed by atoms with Crippen molar-refractivity contribution in [2.75, 3.05) is 5.75 Å². The molecule has 24 heavy (non-hydrogen) atoms. The average molecular weight is 357 g/mol. The minimum Gasteiger partial charge on any atom is -0.464 e. The van der Waals surface area contributed by atoms with Crippen LogP contribution in [0.15, 0.2) is 50.8 Å². The number of furan rings is 1. The molecule has 0 bridgehead atoms. The Bertz CT molecular complexity index is 949. The van der Waals surface area contributed by atoms with Crippen molar-refractivity contribution in [1.82, 2.24) is 9.55 Å². The van der Waals surface area contributed by atoms with E-state index in [0.717, 1.165) is 17.7 Å². The normalized spacial score (nSPS) is 10.8. The molecule has 0 radical (unpaired) electrons. The quantitative estimate of drug-likeness (QED) is 0.273. The Balaban J connectivity index is 2.07. The molecule has 7 heteroatoms. The van der Waals surface area contributed by atoms with Crippen LogP contribution in [0.2, 0.25) is 0 Å². The van der Waals surface area contributed by atoms with E-state index in [9.17, 15) is 4.79 Å². The monoisotopic (exact) mass is 357 g/mol. The number of allylic oxidation sites excluding steroid dienone is 1. The molecular formula is C17H15N3O2S2. The second-order valence-electron chi connectivity index (χ2n) is 5.02.